The molecule has 0 saturated carbocycles. The number of carboxylic acids is 1. The highest BCUT2D eigenvalue weighted by Gasteiger charge is 2.34. The molecule has 1 saturated heterocycles. The van der Waals surface area contributed by atoms with Gasteiger partial charge in [-0.05, 0) is 73.7 Å². The Morgan fingerprint density at radius 3 is 2.29 bits per heavy atom. The number of aromatic carboxylic acids is 1. The number of carbonyl (C=O) groups excluding carboxylic acids is 2. The minimum atomic E-state index is -1.08. The van der Waals surface area contributed by atoms with Crippen LogP contribution in [0.5, 0.6) is 0 Å². The zero-order chi connectivity index (χ0) is 22.1. The number of carboxylic acid groups (broad SMARTS) is 1. The van der Waals surface area contributed by atoms with Gasteiger partial charge in [-0.25, -0.2) is 4.79 Å². The van der Waals surface area contributed by atoms with Crippen molar-refractivity contribution in [2.45, 2.75) is 6.92 Å². The van der Waals surface area contributed by atoms with Crippen molar-refractivity contribution in [3.8, 4) is 5.69 Å². The molecule has 31 heavy (non-hydrogen) atoms. The molecule has 1 aliphatic heterocycles. The summed E-state index contributed by atoms with van der Waals surface area (Å²) in [6.45, 7) is 1.99. The molecule has 7 nitrogen and oxygen atoms in total. The molecule has 2 aromatic carbocycles. The third-order valence-corrected chi connectivity index (χ3v) is 5.14. The molecule has 2 amide bonds. The molecule has 1 aromatic heterocycles. The fourth-order valence-electron chi connectivity index (χ4n) is 3.25. The van der Waals surface area contributed by atoms with E-state index in [0.717, 1.165) is 11.3 Å². The summed E-state index contributed by atoms with van der Waals surface area (Å²) in [5.74, 6) is -2.26. The summed E-state index contributed by atoms with van der Waals surface area (Å²) in [5, 5.41) is 11.5. The van der Waals surface area contributed by atoms with Crippen molar-refractivity contribution in [3.05, 3.63) is 89.3 Å². The fraction of sp³-hybridized carbons (Fsp3) is 0.0435. The number of thiocarbonyl (C=S) groups is 1. The summed E-state index contributed by atoms with van der Waals surface area (Å²) in [6, 6.07) is 17.2. The number of carbonyl (C=O) groups is 3. The fourth-order valence-corrected chi connectivity index (χ4v) is 3.53. The van der Waals surface area contributed by atoms with E-state index in [1.807, 2.05) is 48.0 Å². The van der Waals surface area contributed by atoms with Gasteiger partial charge < -0.3 is 9.67 Å². The summed E-state index contributed by atoms with van der Waals surface area (Å²) in [6.07, 6.45) is 3.35. The second-order valence-corrected chi connectivity index (χ2v) is 7.34. The highest BCUT2D eigenvalue weighted by molar-refractivity contribution is 7.80. The van der Waals surface area contributed by atoms with E-state index in [1.165, 1.54) is 35.2 Å². The first-order valence-corrected chi connectivity index (χ1v) is 9.75. The van der Waals surface area contributed by atoms with Crippen molar-refractivity contribution in [1.82, 2.24) is 9.88 Å². The Kier molecular flexibility index (Phi) is 5.22. The molecule has 8 heteroatoms. The molecule has 0 atom stereocenters. The molecule has 1 fully saturated rings. The van der Waals surface area contributed by atoms with Crippen molar-refractivity contribution >= 4 is 46.9 Å². The van der Waals surface area contributed by atoms with Gasteiger partial charge in [-0.3, -0.25) is 19.8 Å². The molecule has 2 heterocycles. The molecule has 0 spiro atoms. The minimum Gasteiger partial charge on any atom is -0.478 e. The maximum atomic E-state index is 13.2. The molecule has 0 radical (unpaired) electrons. The summed E-state index contributed by atoms with van der Waals surface area (Å²) in [7, 11) is 0. The van der Waals surface area contributed by atoms with Crippen LogP contribution in [0, 0.1) is 6.92 Å². The van der Waals surface area contributed by atoms with Crippen LogP contribution in [0.15, 0.2) is 72.4 Å². The molecule has 2 N–H and O–H groups in total. The van der Waals surface area contributed by atoms with Crippen LogP contribution in [0.1, 0.15) is 21.6 Å². The van der Waals surface area contributed by atoms with Crippen LogP contribution in [-0.4, -0.2) is 32.6 Å². The first-order valence-electron chi connectivity index (χ1n) is 9.34. The van der Waals surface area contributed by atoms with E-state index in [-0.39, 0.29) is 16.2 Å². The van der Waals surface area contributed by atoms with Gasteiger partial charge in [0.2, 0.25) is 0 Å². The molecule has 0 aliphatic carbocycles. The molecule has 0 bridgehead atoms. The van der Waals surface area contributed by atoms with Crippen molar-refractivity contribution in [1.29, 1.82) is 0 Å². The number of hydrogen-bond acceptors (Lipinski definition) is 4. The molecular weight excluding hydrogens is 414 g/mol. The lowest BCUT2D eigenvalue weighted by Gasteiger charge is -2.29. The SMILES string of the molecule is Cc1ccc(-n2cccc2/C=C2\C(=O)NC(=S)N(c3ccc(C(=O)O)cc3)C2=O)cc1. The van der Waals surface area contributed by atoms with E-state index >= 15 is 0 Å². The number of aryl methyl sites for hydroxylation is 1. The Labute approximate surface area is 183 Å². The summed E-state index contributed by atoms with van der Waals surface area (Å²) >= 11 is 5.19. The average molecular weight is 431 g/mol. The smallest absolute Gasteiger partial charge is 0.335 e. The van der Waals surface area contributed by atoms with Crippen molar-refractivity contribution in [3.63, 3.8) is 0 Å². The van der Waals surface area contributed by atoms with Crippen molar-refractivity contribution < 1.29 is 19.5 Å². The maximum absolute atomic E-state index is 13.2. The Bertz CT molecular complexity index is 1240. The number of anilines is 1. The second kappa shape index (κ2) is 8.00. The Hall–Kier alpha value is -4.04. The zero-order valence-electron chi connectivity index (χ0n) is 16.4. The predicted molar refractivity (Wildman–Crippen MR) is 120 cm³/mol. The van der Waals surface area contributed by atoms with E-state index in [1.54, 1.807) is 6.07 Å². The monoisotopic (exact) mass is 431 g/mol. The first-order chi connectivity index (χ1) is 14.8. The van der Waals surface area contributed by atoms with Gasteiger partial charge in [0.05, 0.1) is 11.3 Å². The first kappa shape index (κ1) is 20.2. The number of aromatic nitrogens is 1. The molecule has 0 unspecified atom stereocenters. The van der Waals surface area contributed by atoms with Crippen LogP contribution < -0.4 is 10.2 Å². The molecular formula is C23H17N3O4S. The van der Waals surface area contributed by atoms with Gasteiger partial charge >= 0.3 is 5.97 Å². The summed E-state index contributed by atoms with van der Waals surface area (Å²) in [4.78, 5) is 38.0. The molecule has 1 aliphatic rings. The second-order valence-electron chi connectivity index (χ2n) is 6.95. The molecule has 3 aromatic rings. The van der Waals surface area contributed by atoms with Gasteiger partial charge in [0.1, 0.15) is 5.57 Å². The topological polar surface area (TPSA) is 91.6 Å². The minimum absolute atomic E-state index is 0.0656. The number of hydrogen-bond donors (Lipinski definition) is 2. The third kappa shape index (κ3) is 3.88. The number of rotatable bonds is 4. The summed E-state index contributed by atoms with van der Waals surface area (Å²) < 4.78 is 1.87. The Balaban J connectivity index is 1.71. The lowest BCUT2D eigenvalue weighted by molar-refractivity contribution is -0.122. The highest BCUT2D eigenvalue weighted by atomic mass is 32.1. The largest absolute Gasteiger partial charge is 0.478 e. The van der Waals surface area contributed by atoms with Crippen LogP contribution in [0.25, 0.3) is 11.8 Å². The van der Waals surface area contributed by atoms with Gasteiger partial charge in [0.15, 0.2) is 5.11 Å². The maximum Gasteiger partial charge on any atom is 0.335 e. The number of nitrogens with one attached hydrogen (secondary N) is 1. The van der Waals surface area contributed by atoms with E-state index in [9.17, 15) is 14.4 Å². The van der Waals surface area contributed by atoms with E-state index in [0.29, 0.717) is 11.4 Å². The standard InChI is InChI=1S/C23H17N3O4S/c1-14-4-8-16(9-5-14)25-12-2-3-18(25)13-19-20(27)24-23(31)26(21(19)28)17-10-6-15(7-11-17)22(29)30/h2-13H,1H3,(H,29,30)(H,24,27,31)/b19-13+. The normalized spacial score (nSPS) is 15.3. The predicted octanol–water partition coefficient (Wildman–Crippen LogP) is 3.32. The lowest BCUT2D eigenvalue weighted by atomic mass is 10.1. The zero-order valence-corrected chi connectivity index (χ0v) is 17.2. The van der Waals surface area contributed by atoms with Crippen LogP contribution in [0.2, 0.25) is 0 Å². The van der Waals surface area contributed by atoms with Gasteiger partial charge in [0, 0.05) is 17.6 Å². The molecule has 154 valence electrons. The van der Waals surface area contributed by atoms with Crippen LogP contribution >= 0.6 is 12.2 Å². The highest BCUT2D eigenvalue weighted by Crippen LogP contribution is 2.24. The van der Waals surface area contributed by atoms with Gasteiger partial charge in [-0.2, -0.15) is 0 Å². The van der Waals surface area contributed by atoms with Crippen LogP contribution in [-0.2, 0) is 9.59 Å². The third-order valence-electron chi connectivity index (χ3n) is 4.86. The number of benzene rings is 2. The number of nitrogens with zero attached hydrogens (tertiary/aromatic N) is 2. The quantitative estimate of drug-likeness (QED) is 0.376. The van der Waals surface area contributed by atoms with Crippen molar-refractivity contribution in [2.24, 2.45) is 0 Å². The lowest BCUT2D eigenvalue weighted by Crippen LogP contribution is -2.54. The van der Waals surface area contributed by atoms with Gasteiger partial charge in [-0.15, -0.1) is 0 Å². The van der Waals surface area contributed by atoms with Gasteiger partial charge in [-0.1, -0.05) is 17.7 Å². The van der Waals surface area contributed by atoms with Crippen LogP contribution in [0.4, 0.5) is 5.69 Å². The molecule has 4 rings (SSSR count). The van der Waals surface area contributed by atoms with E-state index in [4.69, 9.17) is 17.3 Å². The number of amides is 2. The summed E-state index contributed by atoms with van der Waals surface area (Å²) in [5.41, 5.74) is 3.02. The van der Waals surface area contributed by atoms with Crippen LogP contribution in [0.3, 0.4) is 0 Å². The van der Waals surface area contributed by atoms with E-state index < -0.39 is 17.8 Å². The van der Waals surface area contributed by atoms with Gasteiger partial charge in [0.25, 0.3) is 11.8 Å². The van der Waals surface area contributed by atoms with Crippen molar-refractivity contribution in [2.75, 3.05) is 4.90 Å². The Morgan fingerprint density at radius 2 is 1.65 bits per heavy atom. The Morgan fingerprint density at radius 1 is 1.00 bits per heavy atom. The van der Waals surface area contributed by atoms with E-state index in [2.05, 4.69) is 5.32 Å². The average Bonchev–Trinajstić information content (AvgIpc) is 3.20.